The van der Waals surface area contributed by atoms with Crippen LogP contribution in [-0.4, -0.2) is 66.0 Å². The second kappa shape index (κ2) is 7.12. The summed E-state index contributed by atoms with van der Waals surface area (Å²) in [6, 6.07) is -0.298. The number of rotatable bonds is 5. The molecule has 0 aliphatic carbocycles. The molecule has 0 bridgehead atoms. The van der Waals surface area contributed by atoms with Gasteiger partial charge in [0.05, 0.1) is 5.92 Å². The van der Waals surface area contributed by atoms with Gasteiger partial charge in [0.1, 0.15) is 6.54 Å². The number of aliphatic carboxylic acids is 1. The quantitative estimate of drug-likeness (QED) is 0.756. The van der Waals surface area contributed by atoms with E-state index >= 15 is 0 Å². The molecule has 20 heavy (non-hydrogen) atoms. The van der Waals surface area contributed by atoms with Gasteiger partial charge in [-0.15, -0.1) is 0 Å². The van der Waals surface area contributed by atoms with Crippen LogP contribution in [0.25, 0.3) is 0 Å². The van der Waals surface area contributed by atoms with Gasteiger partial charge in [-0.25, -0.2) is 4.79 Å². The Bertz CT molecular complexity index is 384. The summed E-state index contributed by atoms with van der Waals surface area (Å²) >= 11 is 0. The summed E-state index contributed by atoms with van der Waals surface area (Å²) in [5.74, 6) is -1.22. The Kier molecular flexibility index (Phi) is 5.79. The van der Waals surface area contributed by atoms with Crippen LogP contribution in [0.4, 0.5) is 4.79 Å². The number of hydrogen-bond donors (Lipinski definition) is 2. The zero-order chi connectivity index (χ0) is 15.3. The molecule has 1 unspecified atom stereocenters. The number of carboxylic acids is 1. The third kappa shape index (κ3) is 4.71. The summed E-state index contributed by atoms with van der Waals surface area (Å²) in [4.78, 5) is 37.3. The smallest absolute Gasteiger partial charge is 0.320 e. The Morgan fingerprint density at radius 3 is 2.55 bits per heavy atom. The van der Waals surface area contributed by atoms with E-state index in [4.69, 9.17) is 5.11 Å². The predicted octanol–water partition coefficient (Wildman–Crippen LogP) is 0.217. The number of amides is 3. The van der Waals surface area contributed by atoms with E-state index in [1.54, 1.807) is 7.05 Å². The molecule has 7 heteroatoms. The van der Waals surface area contributed by atoms with Crippen molar-refractivity contribution in [2.45, 2.75) is 20.3 Å². The maximum atomic E-state index is 12.1. The maximum absolute atomic E-state index is 12.1. The van der Waals surface area contributed by atoms with E-state index < -0.39 is 11.9 Å². The summed E-state index contributed by atoms with van der Waals surface area (Å²) in [5.41, 5.74) is 0. The van der Waals surface area contributed by atoms with Crippen molar-refractivity contribution in [3.63, 3.8) is 0 Å². The SMILES string of the molecule is CC(C)CNC(=O)CN(C)C(=O)N1CCC(C(=O)O)C1. The number of likely N-dealkylation sites (N-methyl/N-ethyl adjacent to an activating group) is 1. The average molecular weight is 285 g/mol. The van der Waals surface area contributed by atoms with Crippen molar-refractivity contribution in [3.05, 3.63) is 0 Å². The van der Waals surface area contributed by atoms with Crippen LogP contribution in [-0.2, 0) is 9.59 Å². The minimum absolute atomic E-state index is 0.0141. The first kappa shape index (κ1) is 16.3. The van der Waals surface area contributed by atoms with Crippen LogP contribution in [0.1, 0.15) is 20.3 Å². The normalized spacial score (nSPS) is 18.2. The molecule has 1 fully saturated rings. The lowest BCUT2D eigenvalue weighted by Crippen LogP contribution is -2.45. The molecule has 1 aliphatic rings. The molecule has 7 nitrogen and oxygen atoms in total. The van der Waals surface area contributed by atoms with Crippen LogP contribution in [0.5, 0.6) is 0 Å². The van der Waals surface area contributed by atoms with Gasteiger partial charge in [0, 0.05) is 26.7 Å². The standard InChI is InChI=1S/C13H23N3O4/c1-9(2)6-14-11(17)8-15(3)13(20)16-5-4-10(7-16)12(18)19/h9-10H,4-8H2,1-3H3,(H,14,17)(H,18,19). The van der Waals surface area contributed by atoms with Gasteiger partial charge in [0.15, 0.2) is 0 Å². The first-order valence-electron chi connectivity index (χ1n) is 6.80. The number of likely N-dealkylation sites (tertiary alicyclic amines) is 1. The average Bonchev–Trinajstić information content (AvgIpc) is 2.85. The summed E-state index contributed by atoms with van der Waals surface area (Å²) in [6.45, 7) is 5.18. The molecule has 0 aromatic rings. The first-order valence-corrected chi connectivity index (χ1v) is 6.80. The number of hydrogen-bond acceptors (Lipinski definition) is 3. The van der Waals surface area contributed by atoms with E-state index in [1.165, 1.54) is 9.80 Å². The van der Waals surface area contributed by atoms with Gasteiger partial charge < -0.3 is 20.2 Å². The number of carbonyl (C=O) groups excluding carboxylic acids is 2. The summed E-state index contributed by atoms with van der Waals surface area (Å²) in [5, 5.41) is 11.6. The lowest BCUT2D eigenvalue weighted by atomic mass is 10.1. The summed E-state index contributed by atoms with van der Waals surface area (Å²) < 4.78 is 0. The zero-order valence-corrected chi connectivity index (χ0v) is 12.3. The number of carbonyl (C=O) groups is 3. The van der Waals surface area contributed by atoms with Crippen LogP contribution in [0, 0.1) is 11.8 Å². The molecule has 1 atom stereocenters. The van der Waals surface area contributed by atoms with Gasteiger partial charge in [0.25, 0.3) is 0 Å². The molecule has 0 aromatic carbocycles. The maximum Gasteiger partial charge on any atom is 0.320 e. The van der Waals surface area contributed by atoms with Crippen molar-refractivity contribution in [1.29, 1.82) is 0 Å². The molecular weight excluding hydrogens is 262 g/mol. The number of nitrogens with zero attached hydrogens (tertiary/aromatic N) is 2. The lowest BCUT2D eigenvalue weighted by molar-refractivity contribution is -0.141. The molecule has 114 valence electrons. The van der Waals surface area contributed by atoms with E-state index in [9.17, 15) is 14.4 Å². The fraction of sp³-hybridized carbons (Fsp3) is 0.769. The molecule has 1 rings (SSSR count). The third-order valence-corrected chi connectivity index (χ3v) is 3.22. The van der Waals surface area contributed by atoms with Gasteiger partial charge in [-0.2, -0.15) is 0 Å². The third-order valence-electron chi connectivity index (χ3n) is 3.22. The zero-order valence-electron chi connectivity index (χ0n) is 12.3. The van der Waals surface area contributed by atoms with Crippen LogP contribution in [0.15, 0.2) is 0 Å². The number of carboxylic acid groups (broad SMARTS) is 1. The van der Waals surface area contributed by atoms with Gasteiger partial charge >= 0.3 is 12.0 Å². The second-order valence-corrected chi connectivity index (χ2v) is 5.61. The van der Waals surface area contributed by atoms with E-state index in [-0.39, 0.29) is 25.0 Å². The largest absolute Gasteiger partial charge is 0.481 e. The van der Waals surface area contributed by atoms with Crippen LogP contribution >= 0.6 is 0 Å². The Morgan fingerprint density at radius 2 is 2.05 bits per heavy atom. The molecule has 2 N–H and O–H groups in total. The highest BCUT2D eigenvalue weighted by atomic mass is 16.4. The van der Waals surface area contributed by atoms with E-state index in [2.05, 4.69) is 5.32 Å². The number of urea groups is 1. The van der Waals surface area contributed by atoms with Crippen molar-refractivity contribution in [3.8, 4) is 0 Å². The molecule has 1 heterocycles. The van der Waals surface area contributed by atoms with Crippen molar-refractivity contribution in [1.82, 2.24) is 15.1 Å². The van der Waals surface area contributed by atoms with Crippen LogP contribution < -0.4 is 5.32 Å². The highest BCUT2D eigenvalue weighted by Crippen LogP contribution is 2.17. The monoisotopic (exact) mass is 285 g/mol. The molecule has 0 saturated carbocycles. The molecule has 1 aliphatic heterocycles. The van der Waals surface area contributed by atoms with E-state index in [1.807, 2.05) is 13.8 Å². The van der Waals surface area contributed by atoms with Gasteiger partial charge in [-0.3, -0.25) is 9.59 Å². The van der Waals surface area contributed by atoms with Gasteiger partial charge in [0.2, 0.25) is 5.91 Å². The van der Waals surface area contributed by atoms with Crippen molar-refractivity contribution in [2.24, 2.45) is 11.8 Å². The van der Waals surface area contributed by atoms with Crippen molar-refractivity contribution >= 4 is 17.9 Å². The summed E-state index contributed by atoms with van der Waals surface area (Å²) in [6.07, 6.45) is 0.467. The molecule has 1 saturated heterocycles. The molecule has 0 aromatic heterocycles. The van der Waals surface area contributed by atoms with Gasteiger partial charge in [-0.1, -0.05) is 13.8 Å². The molecule has 0 spiro atoms. The van der Waals surface area contributed by atoms with Crippen LogP contribution in [0.3, 0.4) is 0 Å². The topological polar surface area (TPSA) is 90.0 Å². The molecular formula is C13H23N3O4. The lowest BCUT2D eigenvalue weighted by Gasteiger charge is -2.24. The van der Waals surface area contributed by atoms with E-state index in [0.29, 0.717) is 25.4 Å². The Labute approximate surface area is 118 Å². The first-order chi connectivity index (χ1) is 9.31. The van der Waals surface area contributed by atoms with E-state index in [0.717, 1.165) is 0 Å². The van der Waals surface area contributed by atoms with Crippen molar-refractivity contribution < 1.29 is 19.5 Å². The Morgan fingerprint density at radius 1 is 1.40 bits per heavy atom. The Balaban J connectivity index is 2.40. The van der Waals surface area contributed by atoms with Crippen molar-refractivity contribution in [2.75, 3.05) is 33.2 Å². The predicted molar refractivity (Wildman–Crippen MR) is 73.2 cm³/mol. The second-order valence-electron chi connectivity index (χ2n) is 5.61. The fourth-order valence-electron chi connectivity index (χ4n) is 2.03. The highest BCUT2D eigenvalue weighted by Gasteiger charge is 2.32. The summed E-state index contributed by atoms with van der Waals surface area (Å²) in [7, 11) is 1.55. The minimum Gasteiger partial charge on any atom is -0.481 e. The minimum atomic E-state index is -0.877. The highest BCUT2D eigenvalue weighted by molar-refractivity contribution is 5.84. The molecule has 3 amide bonds. The fourth-order valence-corrected chi connectivity index (χ4v) is 2.03. The van der Waals surface area contributed by atoms with Crippen LogP contribution in [0.2, 0.25) is 0 Å². The Hall–Kier alpha value is -1.79. The number of nitrogens with one attached hydrogen (secondary N) is 1. The molecule has 0 radical (unpaired) electrons. The van der Waals surface area contributed by atoms with Gasteiger partial charge in [-0.05, 0) is 12.3 Å².